The minimum absolute atomic E-state index is 0.426. The molecular formula is C15H22O. The Balaban J connectivity index is 2.05. The van der Waals surface area contributed by atoms with Crippen LogP contribution >= 0.6 is 0 Å². The number of carbonyl (C=O) groups excluding carboxylic acids is 1. The lowest BCUT2D eigenvalue weighted by molar-refractivity contribution is -0.115. The molecule has 0 bridgehead atoms. The van der Waals surface area contributed by atoms with E-state index in [1.54, 1.807) is 5.57 Å². The van der Waals surface area contributed by atoms with Crippen LogP contribution in [0.2, 0.25) is 0 Å². The highest BCUT2D eigenvalue weighted by atomic mass is 16.1. The maximum Gasteiger partial charge on any atom is 0.159 e. The summed E-state index contributed by atoms with van der Waals surface area (Å²) in [5.41, 5.74) is 3.16. The van der Waals surface area contributed by atoms with Gasteiger partial charge in [-0.05, 0) is 54.4 Å². The number of carbonyl (C=O) groups is 1. The minimum atomic E-state index is 0.426. The van der Waals surface area contributed by atoms with Gasteiger partial charge in [0, 0.05) is 6.42 Å². The van der Waals surface area contributed by atoms with Crippen molar-refractivity contribution in [1.29, 1.82) is 0 Å². The highest BCUT2D eigenvalue weighted by molar-refractivity contribution is 5.99. The number of ketones is 1. The summed E-state index contributed by atoms with van der Waals surface area (Å²) in [5, 5.41) is 0. The van der Waals surface area contributed by atoms with E-state index in [2.05, 4.69) is 27.7 Å². The molecule has 0 spiro atoms. The Labute approximate surface area is 98.3 Å². The third-order valence-electron chi connectivity index (χ3n) is 5.66. The number of Topliss-reactive ketones (excluding diaryl/α,β-unsaturated/α-hetero) is 1. The summed E-state index contributed by atoms with van der Waals surface area (Å²) in [7, 11) is 0. The van der Waals surface area contributed by atoms with Crippen LogP contribution in [0.1, 0.15) is 47.0 Å². The Hall–Kier alpha value is -0.590. The van der Waals surface area contributed by atoms with Crippen molar-refractivity contribution in [3.63, 3.8) is 0 Å². The van der Waals surface area contributed by atoms with Crippen molar-refractivity contribution >= 4 is 5.78 Å². The summed E-state index contributed by atoms with van der Waals surface area (Å²) in [5.74, 6) is 3.32. The summed E-state index contributed by atoms with van der Waals surface area (Å²) >= 11 is 0. The molecule has 0 radical (unpaired) electrons. The molecule has 1 unspecified atom stereocenters. The second kappa shape index (κ2) is 3.00. The molecule has 88 valence electrons. The normalized spacial score (nSPS) is 45.1. The highest BCUT2D eigenvalue weighted by Gasteiger charge is 2.62. The quantitative estimate of drug-likeness (QED) is 0.607. The first-order valence-corrected chi connectivity index (χ1v) is 6.68. The van der Waals surface area contributed by atoms with Gasteiger partial charge in [0.2, 0.25) is 0 Å². The van der Waals surface area contributed by atoms with Crippen LogP contribution in [0.25, 0.3) is 0 Å². The van der Waals surface area contributed by atoms with E-state index in [0.29, 0.717) is 17.1 Å². The summed E-state index contributed by atoms with van der Waals surface area (Å²) < 4.78 is 0. The lowest BCUT2D eigenvalue weighted by Crippen LogP contribution is -2.14. The third kappa shape index (κ3) is 1.15. The van der Waals surface area contributed by atoms with Gasteiger partial charge in [-0.3, -0.25) is 4.79 Å². The number of allylic oxidation sites excluding steroid dienone is 2. The topological polar surface area (TPSA) is 17.1 Å². The standard InChI is InChI=1S/C15H22O/c1-8-5-6-11-14(15(11,3)4)13-9(2)12(16)7-10(8)13/h8,10-11,14H,5-7H2,1-4H3/t8-,10?,11-,14-/m0/s1. The van der Waals surface area contributed by atoms with E-state index in [9.17, 15) is 4.79 Å². The lowest BCUT2D eigenvalue weighted by atomic mass is 9.82. The van der Waals surface area contributed by atoms with Gasteiger partial charge in [-0.15, -0.1) is 0 Å². The van der Waals surface area contributed by atoms with Crippen molar-refractivity contribution in [2.45, 2.75) is 47.0 Å². The smallest absolute Gasteiger partial charge is 0.159 e. The van der Waals surface area contributed by atoms with Gasteiger partial charge in [0.25, 0.3) is 0 Å². The largest absolute Gasteiger partial charge is 0.295 e. The van der Waals surface area contributed by atoms with Gasteiger partial charge in [0.15, 0.2) is 5.78 Å². The van der Waals surface area contributed by atoms with Crippen molar-refractivity contribution in [2.75, 3.05) is 0 Å². The maximum atomic E-state index is 11.9. The van der Waals surface area contributed by atoms with Crippen LogP contribution in [-0.2, 0) is 4.79 Å². The summed E-state index contributed by atoms with van der Waals surface area (Å²) in [6.07, 6.45) is 3.50. The molecule has 1 heteroatoms. The fourth-order valence-corrected chi connectivity index (χ4v) is 4.42. The molecule has 16 heavy (non-hydrogen) atoms. The van der Waals surface area contributed by atoms with Gasteiger partial charge in [-0.2, -0.15) is 0 Å². The molecule has 3 rings (SSSR count). The van der Waals surface area contributed by atoms with Crippen LogP contribution in [0.5, 0.6) is 0 Å². The fraction of sp³-hybridized carbons (Fsp3) is 0.800. The van der Waals surface area contributed by atoms with E-state index in [1.165, 1.54) is 12.8 Å². The first-order valence-electron chi connectivity index (χ1n) is 6.68. The molecule has 4 atom stereocenters. The number of rotatable bonds is 0. The summed E-state index contributed by atoms with van der Waals surface area (Å²) in [4.78, 5) is 11.9. The second-order valence-electron chi connectivity index (χ2n) is 6.77. The van der Waals surface area contributed by atoms with Gasteiger partial charge in [0.1, 0.15) is 0 Å². The molecule has 0 aromatic carbocycles. The van der Waals surface area contributed by atoms with E-state index in [0.717, 1.165) is 29.7 Å². The molecule has 1 nitrogen and oxygen atoms in total. The third-order valence-corrected chi connectivity index (χ3v) is 5.66. The average Bonchev–Trinajstić information content (AvgIpc) is 2.68. The van der Waals surface area contributed by atoms with Crippen LogP contribution in [0.4, 0.5) is 0 Å². The molecule has 2 fully saturated rings. The Morgan fingerprint density at radius 3 is 2.62 bits per heavy atom. The van der Waals surface area contributed by atoms with Crippen molar-refractivity contribution in [2.24, 2.45) is 29.1 Å². The lowest BCUT2D eigenvalue weighted by Gasteiger charge is -2.22. The van der Waals surface area contributed by atoms with Crippen LogP contribution in [-0.4, -0.2) is 5.78 Å². The van der Waals surface area contributed by atoms with Crippen LogP contribution in [0.3, 0.4) is 0 Å². The predicted molar refractivity (Wildman–Crippen MR) is 65.0 cm³/mol. The molecule has 2 saturated carbocycles. The van der Waals surface area contributed by atoms with Gasteiger partial charge in [-0.25, -0.2) is 0 Å². The molecule has 0 amide bonds. The zero-order valence-corrected chi connectivity index (χ0v) is 10.8. The Morgan fingerprint density at radius 1 is 1.25 bits per heavy atom. The maximum absolute atomic E-state index is 11.9. The number of hydrogen-bond acceptors (Lipinski definition) is 1. The summed E-state index contributed by atoms with van der Waals surface area (Å²) in [6, 6.07) is 0. The first kappa shape index (κ1) is 10.6. The van der Waals surface area contributed by atoms with Crippen molar-refractivity contribution in [1.82, 2.24) is 0 Å². The molecule has 0 heterocycles. The molecule has 0 aromatic rings. The molecule has 0 N–H and O–H groups in total. The van der Waals surface area contributed by atoms with Crippen LogP contribution < -0.4 is 0 Å². The van der Waals surface area contributed by atoms with E-state index in [4.69, 9.17) is 0 Å². The molecule has 0 aliphatic heterocycles. The Kier molecular flexibility index (Phi) is 1.98. The fourth-order valence-electron chi connectivity index (χ4n) is 4.42. The van der Waals surface area contributed by atoms with Gasteiger partial charge >= 0.3 is 0 Å². The predicted octanol–water partition coefficient (Wildman–Crippen LogP) is 3.59. The first-order chi connectivity index (χ1) is 7.44. The highest BCUT2D eigenvalue weighted by Crippen LogP contribution is 2.68. The van der Waals surface area contributed by atoms with Crippen molar-refractivity contribution < 1.29 is 4.79 Å². The average molecular weight is 218 g/mol. The van der Waals surface area contributed by atoms with Gasteiger partial charge < -0.3 is 0 Å². The number of hydrogen-bond donors (Lipinski definition) is 0. The molecular weight excluding hydrogens is 196 g/mol. The Morgan fingerprint density at radius 2 is 1.94 bits per heavy atom. The number of fused-ring (bicyclic) bond motifs is 3. The molecule has 0 saturated heterocycles. The monoisotopic (exact) mass is 218 g/mol. The molecule has 3 aliphatic rings. The zero-order chi connectivity index (χ0) is 11.7. The van der Waals surface area contributed by atoms with Gasteiger partial charge in [0.05, 0.1) is 0 Å². The van der Waals surface area contributed by atoms with Gasteiger partial charge in [-0.1, -0.05) is 26.3 Å². The van der Waals surface area contributed by atoms with Crippen LogP contribution in [0.15, 0.2) is 11.1 Å². The van der Waals surface area contributed by atoms with E-state index >= 15 is 0 Å². The van der Waals surface area contributed by atoms with E-state index in [1.807, 2.05) is 0 Å². The minimum Gasteiger partial charge on any atom is -0.295 e. The van der Waals surface area contributed by atoms with E-state index < -0.39 is 0 Å². The molecule has 3 aliphatic carbocycles. The molecule has 0 aromatic heterocycles. The van der Waals surface area contributed by atoms with Crippen LogP contribution in [0, 0.1) is 29.1 Å². The van der Waals surface area contributed by atoms with E-state index in [-0.39, 0.29) is 0 Å². The van der Waals surface area contributed by atoms with Crippen molar-refractivity contribution in [3.05, 3.63) is 11.1 Å². The Bertz CT molecular complexity index is 388. The second-order valence-corrected chi connectivity index (χ2v) is 6.77. The SMILES string of the molecule is CC1=C2C(CC1=O)[C@@H](C)CC[C@H]1[C@@H]2C1(C)C. The van der Waals surface area contributed by atoms with Crippen molar-refractivity contribution in [3.8, 4) is 0 Å². The summed E-state index contributed by atoms with van der Waals surface area (Å²) in [6.45, 7) is 9.19. The zero-order valence-electron chi connectivity index (χ0n) is 10.8.